The number of hydrogen-bond acceptors (Lipinski definition) is 4. The van der Waals surface area contributed by atoms with E-state index in [1.807, 2.05) is 6.92 Å². The Kier molecular flexibility index (Phi) is 6.45. The minimum Gasteiger partial charge on any atom is -0.478 e. The van der Waals surface area contributed by atoms with Crippen LogP contribution in [0.1, 0.15) is 28.4 Å². The molecule has 29 heavy (non-hydrogen) atoms. The molecule has 152 valence electrons. The molecule has 1 heterocycles. The number of rotatable bonds is 6. The van der Waals surface area contributed by atoms with Crippen LogP contribution in [-0.4, -0.2) is 11.1 Å². The van der Waals surface area contributed by atoms with Crippen LogP contribution in [0.4, 0.5) is 18.9 Å². The summed E-state index contributed by atoms with van der Waals surface area (Å²) in [6.07, 6.45) is -3.83. The van der Waals surface area contributed by atoms with E-state index in [9.17, 15) is 23.1 Å². The molecular weight excluding hydrogens is 443 g/mol. The molecule has 3 nitrogen and oxygen atoms in total. The second-order valence-electron chi connectivity index (χ2n) is 6.05. The third kappa shape index (κ3) is 5.07. The van der Waals surface area contributed by atoms with Gasteiger partial charge in [-0.25, -0.2) is 4.79 Å². The Morgan fingerprint density at radius 1 is 1.17 bits per heavy atom. The number of halogens is 4. The fraction of sp³-hybridized carbons (Fsp3) is 0.150. The number of anilines is 1. The summed E-state index contributed by atoms with van der Waals surface area (Å²) in [5, 5.41) is 9.21. The standard InChI is InChI=1S/C20H15ClF3NO2S2/c1-2-11-3-4-12(19(26)27)9-17(11)29-25-15-10-13(20(22,23)24)5-6-14(15)16-7-8-18(21)28-16/h3-10,25H,2H2,1H3,(H,26,27). The van der Waals surface area contributed by atoms with Crippen molar-refractivity contribution in [3.8, 4) is 10.4 Å². The number of carboxylic acid groups (broad SMARTS) is 1. The van der Waals surface area contributed by atoms with Crippen LogP contribution in [0.25, 0.3) is 10.4 Å². The van der Waals surface area contributed by atoms with Gasteiger partial charge >= 0.3 is 12.1 Å². The number of hydrogen-bond donors (Lipinski definition) is 2. The van der Waals surface area contributed by atoms with E-state index in [0.717, 1.165) is 34.5 Å². The molecular formula is C20H15ClF3NO2S2. The molecule has 0 amide bonds. The van der Waals surface area contributed by atoms with Gasteiger partial charge in [-0.1, -0.05) is 30.7 Å². The summed E-state index contributed by atoms with van der Waals surface area (Å²) in [5.74, 6) is -1.07. The highest BCUT2D eigenvalue weighted by atomic mass is 35.5. The fourth-order valence-electron chi connectivity index (χ4n) is 2.66. The minimum absolute atomic E-state index is 0.112. The monoisotopic (exact) mass is 457 g/mol. The highest BCUT2D eigenvalue weighted by molar-refractivity contribution is 8.00. The van der Waals surface area contributed by atoms with Gasteiger partial charge in [0.15, 0.2) is 0 Å². The molecule has 0 saturated heterocycles. The van der Waals surface area contributed by atoms with Crippen LogP contribution in [0.3, 0.4) is 0 Å². The van der Waals surface area contributed by atoms with Crippen molar-refractivity contribution in [1.82, 2.24) is 0 Å². The first kappa shape index (κ1) is 21.5. The molecule has 3 aromatic rings. The zero-order valence-electron chi connectivity index (χ0n) is 15.0. The molecule has 0 unspecified atom stereocenters. The Labute approximate surface area is 178 Å². The SMILES string of the molecule is CCc1ccc(C(=O)O)cc1SNc1cc(C(F)(F)F)ccc1-c1ccc(Cl)s1. The van der Waals surface area contributed by atoms with Gasteiger partial charge in [-0.05, 0) is 60.3 Å². The van der Waals surface area contributed by atoms with E-state index in [4.69, 9.17) is 11.6 Å². The Balaban J connectivity index is 1.99. The molecule has 1 aromatic heterocycles. The minimum atomic E-state index is -4.48. The Morgan fingerprint density at radius 3 is 2.52 bits per heavy atom. The topological polar surface area (TPSA) is 49.3 Å². The van der Waals surface area contributed by atoms with Gasteiger partial charge < -0.3 is 9.83 Å². The number of aryl methyl sites for hydroxylation is 1. The molecule has 0 atom stereocenters. The number of thiophene rings is 1. The lowest BCUT2D eigenvalue weighted by atomic mass is 10.1. The molecule has 0 aliphatic heterocycles. The van der Waals surface area contributed by atoms with Gasteiger partial charge in [-0.3, -0.25) is 0 Å². The quantitative estimate of drug-likeness (QED) is 0.377. The summed E-state index contributed by atoms with van der Waals surface area (Å²) < 4.78 is 43.1. The first-order valence-electron chi connectivity index (χ1n) is 8.45. The molecule has 0 aliphatic carbocycles. The third-order valence-corrected chi connectivity index (χ3v) is 6.34. The normalized spacial score (nSPS) is 11.5. The van der Waals surface area contributed by atoms with E-state index in [1.165, 1.54) is 29.5 Å². The molecule has 0 radical (unpaired) electrons. The summed E-state index contributed by atoms with van der Waals surface area (Å²) in [7, 11) is 0. The lowest BCUT2D eigenvalue weighted by Crippen LogP contribution is -2.06. The van der Waals surface area contributed by atoms with Crippen molar-refractivity contribution >= 4 is 46.5 Å². The van der Waals surface area contributed by atoms with Crippen LogP contribution in [0, 0.1) is 0 Å². The largest absolute Gasteiger partial charge is 0.478 e. The highest BCUT2D eigenvalue weighted by Crippen LogP contribution is 2.41. The number of carbonyl (C=O) groups is 1. The molecule has 0 spiro atoms. The number of alkyl halides is 3. The highest BCUT2D eigenvalue weighted by Gasteiger charge is 2.31. The van der Waals surface area contributed by atoms with Crippen molar-refractivity contribution < 1.29 is 23.1 Å². The average Bonchev–Trinajstić information content (AvgIpc) is 3.11. The second-order valence-corrected chi connectivity index (χ2v) is 8.61. The van der Waals surface area contributed by atoms with Gasteiger partial charge in [0, 0.05) is 15.3 Å². The van der Waals surface area contributed by atoms with Crippen molar-refractivity contribution in [3.63, 3.8) is 0 Å². The van der Waals surface area contributed by atoms with E-state index >= 15 is 0 Å². The predicted octanol–water partition coefficient (Wildman–Crippen LogP) is 7.47. The van der Waals surface area contributed by atoms with Crippen molar-refractivity contribution in [2.24, 2.45) is 0 Å². The predicted molar refractivity (Wildman–Crippen MR) is 112 cm³/mol. The summed E-state index contributed by atoms with van der Waals surface area (Å²) in [5.41, 5.74) is 1.07. The number of carboxylic acids is 1. The summed E-state index contributed by atoms with van der Waals surface area (Å²) in [6.45, 7) is 1.92. The van der Waals surface area contributed by atoms with Crippen LogP contribution in [0.15, 0.2) is 53.4 Å². The maximum Gasteiger partial charge on any atom is 0.416 e. The second kappa shape index (κ2) is 8.69. The van der Waals surface area contributed by atoms with E-state index < -0.39 is 17.7 Å². The molecule has 9 heteroatoms. The lowest BCUT2D eigenvalue weighted by molar-refractivity contribution is -0.137. The van der Waals surface area contributed by atoms with E-state index in [1.54, 1.807) is 18.2 Å². The van der Waals surface area contributed by atoms with Crippen LogP contribution in [0.5, 0.6) is 0 Å². The number of aromatic carboxylic acids is 1. The summed E-state index contributed by atoms with van der Waals surface area (Å²) in [6, 6.07) is 11.6. The van der Waals surface area contributed by atoms with Crippen LogP contribution in [0.2, 0.25) is 4.34 Å². The smallest absolute Gasteiger partial charge is 0.416 e. The Bertz CT molecular complexity index is 1050. The van der Waals surface area contributed by atoms with Crippen LogP contribution >= 0.6 is 34.9 Å². The molecule has 0 saturated carbocycles. The van der Waals surface area contributed by atoms with Gasteiger partial charge in [0.25, 0.3) is 0 Å². The van der Waals surface area contributed by atoms with Crippen LogP contribution < -0.4 is 4.72 Å². The summed E-state index contributed by atoms with van der Waals surface area (Å²) in [4.78, 5) is 12.6. The molecule has 3 rings (SSSR count). The summed E-state index contributed by atoms with van der Waals surface area (Å²) >= 11 is 8.33. The first-order chi connectivity index (χ1) is 13.7. The van der Waals surface area contributed by atoms with Crippen LogP contribution in [-0.2, 0) is 12.6 Å². The molecule has 0 aliphatic rings. The van der Waals surface area contributed by atoms with Gasteiger partial charge in [0.1, 0.15) is 0 Å². The molecule has 2 N–H and O–H groups in total. The maximum atomic E-state index is 13.2. The van der Waals surface area contributed by atoms with E-state index in [2.05, 4.69) is 4.72 Å². The molecule has 2 aromatic carbocycles. The van der Waals surface area contributed by atoms with Crippen molar-refractivity contribution in [2.75, 3.05) is 4.72 Å². The Morgan fingerprint density at radius 2 is 1.93 bits per heavy atom. The molecule has 0 fully saturated rings. The van der Waals surface area contributed by atoms with E-state index in [0.29, 0.717) is 21.2 Å². The fourth-order valence-corrected chi connectivity index (χ4v) is 4.66. The third-order valence-electron chi connectivity index (χ3n) is 4.15. The zero-order valence-corrected chi connectivity index (χ0v) is 17.4. The Hall–Kier alpha value is -2.16. The first-order valence-corrected chi connectivity index (χ1v) is 10.5. The van der Waals surface area contributed by atoms with Gasteiger partial charge in [-0.15, -0.1) is 11.3 Å². The lowest BCUT2D eigenvalue weighted by Gasteiger charge is -2.15. The molecule has 0 bridgehead atoms. The van der Waals surface area contributed by atoms with Gasteiger partial charge in [0.2, 0.25) is 0 Å². The number of nitrogens with one attached hydrogen (secondary N) is 1. The van der Waals surface area contributed by atoms with Crippen molar-refractivity contribution in [1.29, 1.82) is 0 Å². The van der Waals surface area contributed by atoms with Gasteiger partial charge in [0.05, 0.1) is 21.2 Å². The maximum absolute atomic E-state index is 13.2. The van der Waals surface area contributed by atoms with Gasteiger partial charge in [-0.2, -0.15) is 13.2 Å². The van der Waals surface area contributed by atoms with Crippen molar-refractivity contribution in [3.05, 3.63) is 69.6 Å². The number of benzene rings is 2. The average molecular weight is 458 g/mol. The van der Waals surface area contributed by atoms with Crippen molar-refractivity contribution in [2.45, 2.75) is 24.4 Å². The van der Waals surface area contributed by atoms with E-state index in [-0.39, 0.29) is 11.3 Å². The zero-order chi connectivity index (χ0) is 21.2.